The summed E-state index contributed by atoms with van der Waals surface area (Å²) in [7, 11) is -2.52. The molecule has 0 spiro atoms. The van der Waals surface area contributed by atoms with Gasteiger partial charge in [0.05, 0.1) is 5.71 Å². The van der Waals surface area contributed by atoms with E-state index < -0.39 is 7.49 Å². The van der Waals surface area contributed by atoms with Crippen molar-refractivity contribution in [2.75, 3.05) is 0 Å². The van der Waals surface area contributed by atoms with E-state index in [2.05, 4.69) is 109 Å². The monoisotopic (exact) mass is 472 g/mol. The summed E-state index contributed by atoms with van der Waals surface area (Å²) in [4.78, 5) is 0. The van der Waals surface area contributed by atoms with Crippen molar-refractivity contribution < 1.29 is 4.62 Å². The van der Waals surface area contributed by atoms with Crippen LogP contribution in [0.2, 0.25) is 0 Å². The van der Waals surface area contributed by atoms with Gasteiger partial charge in [0.1, 0.15) is 15.9 Å². The van der Waals surface area contributed by atoms with Gasteiger partial charge in [-0.05, 0) is 52.7 Å². The number of hydrogen-bond acceptors (Lipinski definition) is 2. The lowest BCUT2D eigenvalue weighted by atomic mass is 10.0. The number of rotatable bonds is 8. The number of nitrogens with zero attached hydrogens (tertiary/aromatic N) is 1. The molecule has 35 heavy (non-hydrogen) atoms. The van der Waals surface area contributed by atoms with Crippen LogP contribution in [-0.2, 0) is 11.0 Å². The highest BCUT2D eigenvalue weighted by atomic mass is 31.2. The first-order chi connectivity index (χ1) is 17.4. The maximum atomic E-state index is 6.88. The van der Waals surface area contributed by atoms with E-state index in [0.29, 0.717) is 6.42 Å². The second kappa shape index (κ2) is 11.0. The molecular weight excluding hydrogens is 445 g/mol. The Morgan fingerprint density at radius 3 is 1.29 bits per heavy atom. The Morgan fingerprint density at radius 2 is 0.857 bits per heavy atom. The highest BCUT2D eigenvalue weighted by Gasteiger charge is 2.50. The van der Waals surface area contributed by atoms with Gasteiger partial charge in [-0.25, -0.2) is 4.62 Å². The molecule has 0 fully saturated rings. The van der Waals surface area contributed by atoms with E-state index in [1.807, 2.05) is 42.5 Å². The van der Waals surface area contributed by atoms with Gasteiger partial charge < -0.3 is 0 Å². The van der Waals surface area contributed by atoms with Crippen LogP contribution in [0.25, 0.3) is 0 Å². The van der Waals surface area contributed by atoms with Crippen LogP contribution in [-0.4, -0.2) is 5.71 Å². The van der Waals surface area contributed by atoms with Crippen molar-refractivity contribution >= 4 is 29.1 Å². The molecule has 0 aliphatic rings. The SMILES string of the molecule is c1ccc(C/C(=N\O[P+](c2ccccc2)(c2ccccc2)c2ccccc2)c2ccccc2)cc1. The number of benzene rings is 5. The van der Waals surface area contributed by atoms with E-state index in [1.165, 1.54) is 5.56 Å². The molecule has 5 aromatic rings. The van der Waals surface area contributed by atoms with Crippen molar-refractivity contribution in [1.82, 2.24) is 0 Å². The molecular formula is C32H27NOP+. The third-order valence-corrected chi connectivity index (χ3v) is 9.36. The standard InChI is InChI=1S/C32H27NOP/c1-6-16-27(17-7-1)26-32(28-18-8-2-9-19-28)33-34-35(29-20-10-3-11-21-29,30-22-12-4-13-23-30)31-24-14-5-15-25-31/h1-25H,26H2/q+1/b33-32+. The van der Waals surface area contributed by atoms with Gasteiger partial charge in [-0.3, -0.25) is 0 Å². The van der Waals surface area contributed by atoms with E-state index in [1.54, 1.807) is 0 Å². The smallest absolute Gasteiger partial charge is 0.228 e. The quantitative estimate of drug-likeness (QED) is 0.142. The zero-order valence-corrected chi connectivity index (χ0v) is 20.3. The second-order valence-corrected chi connectivity index (χ2v) is 11.2. The molecule has 0 N–H and O–H groups in total. The van der Waals surface area contributed by atoms with E-state index >= 15 is 0 Å². The summed E-state index contributed by atoms with van der Waals surface area (Å²) in [5, 5.41) is 8.35. The molecule has 0 aliphatic heterocycles. The van der Waals surface area contributed by atoms with E-state index in [9.17, 15) is 0 Å². The highest BCUT2D eigenvalue weighted by Crippen LogP contribution is 2.56. The van der Waals surface area contributed by atoms with Gasteiger partial charge in [-0.15, -0.1) is 0 Å². The summed E-state index contributed by atoms with van der Waals surface area (Å²) in [6.07, 6.45) is 0.684. The van der Waals surface area contributed by atoms with Crippen molar-refractivity contribution in [2.24, 2.45) is 5.16 Å². The van der Waals surface area contributed by atoms with Crippen LogP contribution < -0.4 is 15.9 Å². The lowest BCUT2D eigenvalue weighted by Gasteiger charge is -2.23. The van der Waals surface area contributed by atoms with Crippen molar-refractivity contribution in [3.63, 3.8) is 0 Å². The van der Waals surface area contributed by atoms with Gasteiger partial charge >= 0.3 is 7.49 Å². The zero-order valence-electron chi connectivity index (χ0n) is 19.4. The average molecular weight is 473 g/mol. The molecule has 0 unspecified atom stereocenters. The molecule has 3 heteroatoms. The van der Waals surface area contributed by atoms with Crippen LogP contribution in [0.15, 0.2) is 157 Å². The minimum atomic E-state index is -2.52. The molecule has 5 aromatic carbocycles. The van der Waals surface area contributed by atoms with Crippen molar-refractivity contribution in [3.8, 4) is 0 Å². The minimum Gasteiger partial charge on any atom is -0.228 e. The Morgan fingerprint density at radius 1 is 0.486 bits per heavy atom. The predicted octanol–water partition coefficient (Wildman–Crippen LogP) is 6.56. The van der Waals surface area contributed by atoms with Crippen LogP contribution in [0, 0.1) is 0 Å². The topological polar surface area (TPSA) is 21.6 Å². The number of oxime groups is 1. The molecule has 2 nitrogen and oxygen atoms in total. The molecule has 0 atom stereocenters. The van der Waals surface area contributed by atoms with Gasteiger partial charge in [0.25, 0.3) is 0 Å². The normalized spacial score (nSPS) is 11.7. The Hall–Kier alpha value is -4.00. The van der Waals surface area contributed by atoms with E-state index in [4.69, 9.17) is 9.78 Å². The fraction of sp³-hybridized carbons (Fsp3) is 0.0312. The predicted molar refractivity (Wildman–Crippen MR) is 149 cm³/mol. The summed E-state index contributed by atoms with van der Waals surface area (Å²) in [6, 6.07) is 52.2. The van der Waals surface area contributed by atoms with Crippen LogP contribution in [0.4, 0.5) is 0 Å². The summed E-state index contributed by atoms with van der Waals surface area (Å²) < 4.78 is 6.88. The van der Waals surface area contributed by atoms with Crippen LogP contribution in [0.3, 0.4) is 0 Å². The first kappa shape index (κ1) is 22.8. The second-order valence-electron chi connectivity index (χ2n) is 8.26. The Bertz CT molecular complexity index is 1260. The fourth-order valence-electron chi connectivity index (χ4n) is 4.22. The Balaban J connectivity index is 1.69. The third-order valence-electron chi connectivity index (χ3n) is 5.95. The van der Waals surface area contributed by atoms with Crippen LogP contribution in [0.1, 0.15) is 11.1 Å². The van der Waals surface area contributed by atoms with E-state index in [0.717, 1.165) is 27.2 Å². The van der Waals surface area contributed by atoms with Crippen molar-refractivity contribution in [2.45, 2.75) is 6.42 Å². The molecule has 0 heterocycles. The summed E-state index contributed by atoms with van der Waals surface area (Å²) in [5.74, 6) is 0. The zero-order chi connectivity index (χ0) is 23.8. The van der Waals surface area contributed by atoms with Gasteiger partial charge in [-0.1, -0.05) is 115 Å². The molecule has 0 saturated carbocycles. The van der Waals surface area contributed by atoms with E-state index in [-0.39, 0.29) is 0 Å². The van der Waals surface area contributed by atoms with Gasteiger partial charge in [0, 0.05) is 6.42 Å². The summed E-state index contributed by atoms with van der Waals surface area (Å²) >= 11 is 0. The Kier molecular flexibility index (Phi) is 7.13. The molecule has 5 rings (SSSR count). The molecule has 0 saturated heterocycles. The maximum Gasteiger partial charge on any atom is 0.319 e. The molecule has 0 aliphatic carbocycles. The lowest BCUT2D eigenvalue weighted by molar-refractivity contribution is 0.383. The number of hydrogen-bond donors (Lipinski definition) is 0. The molecule has 0 amide bonds. The molecule has 0 aromatic heterocycles. The summed E-state index contributed by atoms with van der Waals surface area (Å²) in [6.45, 7) is 0. The Labute approximate surface area is 208 Å². The first-order valence-electron chi connectivity index (χ1n) is 11.8. The summed E-state index contributed by atoms with van der Waals surface area (Å²) in [5.41, 5.74) is 3.16. The highest BCUT2D eigenvalue weighted by molar-refractivity contribution is 7.91. The van der Waals surface area contributed by atoms with Crippen molar-refractivity contribution in [1.29, 1.82) is 0 Å². The van der Waals surface area contributed by atoms with Crippen LogP contribution in [0.5, 0.6) is 0 Å². The lowest BCUT2D eigenvalue weighted by Crippen LogP contribution is -2.32. The molecule has 170 valence electrons. The average Bonchev–Trinajstić information content (AvgIpc) is 2.95. The first-order valence-corrected chi connectivity index (χ1v) is 13.5. The third kappa shape index (κ3) is 5.09. The maximum absolute atomic E-state index is 6.88. The van der Waals surface area contributed by atoms with Crippen molar-refractivity contribution in [3.05, 3.63) is 163 Å². The largest absolute Gasteiger partial charge is 0.319 e. The van der Waals surface area contributed by atoms with Gasteiger partial charge in [-0.2, -0.15) is 0 Å². The van der Waals surface area contributed by atoms with Gasteiger partial charge in [0.15, 0.2) is 0 Å². The fourth-order valence-corrected chi connectivity index (χ4v) is 7.39. The molecule has 0 bridgehead atoms. The molecule has 0 radical (unpaired) electrons. The van der Waals surface area contributed by atoms with Gasteiger partial charge in [0.2, 0.25) is 0 Å². The van der Waals surface area contributed by atoms with Crippen LogP contribution >= 0.6 is 7.49 Å². The minimum absolute atomic E-state index is 0.684.